The number of ether oxygens (including phenoxy) is 2. The van der Waals surface area contributed by atoms with E-state index in [1.165, 1.54) is 11.8 Å². The Bertz CT molecular complexity index is 519. The van der Waals surface area contributed by atoms with Gasteiger partial charge in [-0.1, -0.05) is 52.8 Å². The number of thiocarbonyl (C=S) groups is 1. The van der Waals surface area contributed by atoms with Crippen molar-refractivity contribution < 1.29 is 19.4 Å². The van der Waals surface area contributed by atoms with Crippen LogP contribution in [0, 0.1) is 11.8 Å². The Balaban J connectivity index is 3.28. The Labute approximate surface area is 187 Å². The minimum atomic E-state index is -0.765. The molecule has 0 saturated carbocycles. The predicted octanol–water partition coefficient (Wildman–Crippen LogP) is 5.21. The molecule has 170 valence electrons. The second-order valence-corrected chi connectivity index (χ2v) is 9.73. The third kappa shape index (κ3) is 6.55. The minimum absolute atomic E-state index is 0.0371. The molecule has 7 heteroatoms. The van der Waals surface area contributed by atoms with E-state index in [4.69, 9.17) is 21.7 Å². The van der Waals surface area contributed by atoms with E-state index in [1.807, 2.05) is 6.26 Å². The van der Waals surface area contributed by atoms with Crippen LogP contribution in [-0.2, 0) is 14.3 Å². The van der Waals surface area contributed by atoms with Crippen LogP contribution in [0.3, 0.4) is 0 Å². The molecule has 0 aromatic heterocycles. The second-order valence-electron chi connectivity index (χ2n) is 8.32. The fourth-order valence-corrected chi connectivity index (χ4v) is 5.35. The van der Waals surface area contributed by atoms with Crippen LogP contribution in [0.5, 0.6) is 0 Å². The molecule has 0 unspecified atom stereocenters. The molecule has 0 radical (unpaired) electrons. The Kier molecular flexibility index (Phi) is 11.5. The summed E-state index contributed by atoms with van der Waals surface area (Å²) in [6, 6.07) is 0.107. The molecule has 1 aliphatic heterocycles. The quantitative estimate of drug-likeness (QED) is 0.412. The SMILES string of the molecule is CC[C@H](C)[C@@H](OC(=S)SC)[C@H](C)[C@@H](CC(=O)O)N1CCC[C@H]1C(CC)(CC)OC. The molecule has 0 aromatic rings. The van der Waals surface area contributed by atoms with Crippen molar-refractivity contribution in [2.24, 2.45) is 11.8 Å². The molecule has 1 saturated heterocycles. The largest absolute Gasteiger partial charge is 0.481 e. The van der Waals surface area contributed by atoms with Crippen molar-refractivity contribution in [3.63, 3.8) is 0 Å². The highest BCUT2D eigenvalue weighted by Crippen LogP contribution is 2.39. The first kappa shape index (κ1) is 26.7. The lowest BCUT2D eigenvalue weighted by molar-refractivity contribution is -0.141. The fraction of sp³-hybridized carbons (Fsp3) is 0.909. The third-order valence-corrected chi connectivity index (χ3v) is 8.07. The molecule has 1 aliphatic rings. The summed E-state index contributed by atoms with van der Waals surface area (Å²) in [6.45, 7) is 11.7. The van der Waals surface area contributed by atoms with Gasteiger partial charge in [0, 0.05) is 25.1 Å². The molecule has 5 nitrogen and oxygen atoms in total. The van der Waals surface area contributed by atoms with E-state index in [9.17, 15) is 9.90 Å². The predicted molar refractivity (Wildman–Crippen MR) is 126 cm³/mol. The topological polar surface area (TPSA) is 59.0 Å². The van der Waals surface area contributed by atoms with Crippen LogP contribution in [0.25, 0.3) is 0 Å². The Morgan fingerprint density at radius 1 is 1.31 bits per heavy atom. The van der Waals surface area contributed by atoms with Gasteiger partial charge in [-0.15, -0.1) is 0 Å². The Hall–Kier alpha value is -0.370. The standard InChI is InChI=1S/C22H41NO4S2/c1-8-15(4)20(27-21(28)29-7)16(5)17(14-19(24)25)23-13-11-12-18(23)22(9-2,10-3)26-6/h15-18,20H,8-14H2,1-7H3,(H,24,25)/t15-,16+,17+,18-,20+/m0/s1. The molecule has 29 heavy (non-hydrogen) atoms. The van der Waals surface area contributed by atoms with Crippen LogP contribution in [0.1, 0.15) is 73.1 Å². The average molecular weight is 448 g/mol. The van der Waals surface area contributed by atoms with E-state index < -0.39 is 5.97 Å². The van der Waals surface area contributed by atoms with Gasteiger partial charge in [-0.25, -0.2) is 0 Å². The Morgan fingerprint density at radius 2 is 1.93 bits per heavy atom. The first-order chi connectivity index (χ1) is 13.7. The van der Waals surface area contributed by atoms with E-state index in [1.54, 1.807) is 7.11 Å². The van der Waals surface area contributed by atoms with E-state index in [0.29, 0.717) is 4.38 Å². The number of likely N-dealkylation sites (tertiary alicyclic amines) is 1. The summed E-state index contributed by atoms with van der Waals surface area (Å²) < 4.78 is 12.8. The highest BCUT2D eigenvalue weighted by molar-refractivity contribution is 8.22. The average Bonchev–Trinajstić information content (AvgIpc) is 3.20. The Morgan fingerprint density at radius 3 is 2.38 bits per heavy atom. The number of carboxylic acids is 1. The number of hydrogen-bond acceptors (Lipinski definition) is 6. The van der Waals surface area contributed by atoms with Crippen molar-refractivity contribution in [1.82, 2.24) is 4.90 Å². The van der Waals surface area contributed by atoms with Crippen molar-refractivity contribution in [3.05, 3.63) is 0 Å². The first-order valence-corrected chi connectivity index (χ1v) is 12.6. The normalized spacial score (nSPS) is 22.1. The molecular formula is C22H41NO4S2. The van der Waals surface area contributed by atoms with Crippen molar-refractivity contribution in [2.75, 3.05) is 19.9 Å². The molecule has 0 bridgehead atoms. The van der Waals surface area contributed by atoms with Gasteiger partial charge in [0.05, 0.1) is 12.0 Å². The second kappa shape index (κ2) is 12.5. The number of carbonyl (C=O) groups is 1. The molecule has 0 aliphatic carbocycles. The van der Waals surface area contributed by atoms with Gasteiger partial charge in [-0.2, -0.15) is 0 Å². The van der Waals surface area contributed by atoms with Crippen LogP contribution in [0.2, 0.25) is 0 Å². The van der Waals surface area contributed by atoms with Gasteiger partial charge in [-0.05, 0) is 56.6 Å². The number of carboxylic acid groups (broad SMARTS) is 1. The molecule has 0 aromatic carbocycles. The number of methoxy groups -OCH3 is 1. The van der Waals surface area contributed by atoms with Gasteiger partial charge in [0.1, 0.15) is 6.10 Å². The summed E-state index contributed by atoms with van der Waals surface area (Å²) in [4.78, 5) is 14.3. The number of hydrogen-bond donors (Lipinski definition) is 1. The van der Waals surface area contributed by atoms with Crippen molar-refractivity contribution in [2.45, 2.75) is 96.9 Å². The van der Waals surface area contributed by atoms with E-state index >= 15 is 0 Å². The number of thioether (sulfide) groups is 1. The fourth-order valence-electron chi connectivity index (χ4n) is 5.03. The molecule has 1 fully saturated rings. The van der Waals surface area contributed by atoms with Crippen molar-refractivity contribution >= 4 is 34.3 Å². The zero-order valence-corrected chi connectivity index (χ0v) is 20.9. The molecule has 1 heterocycles. The number of aliphatic carboxylic acids is 1. The molecular weight excluding hydrogens is 406 g/mol. The van der Waals surface area contributed by atoms with Gasteiger partial charge in [0.2, 0.25) is 4.38 Å². The first-order valence-electron chi connectivity index (χ1n) is 11.0. The van der Waals surface area contributed by atoms with Crippen LogP contribution in [-0.4, -0.2) is 64.1 Å². The van der Waals surface area contributed by atoms with Crippen LogP contribution < -0.4 is 0 Å². The molecule has 0 amide bonds. The van der Waals surface area contributed by atoms with E-state index in [2.05, 4.69) is 39.5 Å². The van der Waals surface area contributed by atoms with Gasteiger partial charge >= 0.3 is 5.97 Å². The van der Waals surface area contributed by atoms with Gasteiger partial charge in [0.15, 0.2) is 0 Å². The monoisotopic (exact) mass is 447 g/mol. The van der Waals surface area contributed by atoms with E-state index in [-0.39, 0.29) is 42.0 Å². The lowest BCUT2D eigenvalue weighted by Crippen LogP contribution is -2.57. The molecule has 1 N–H and O–H groups in total. The van der Waals surface area contributed by atoms with Crippen LogP contribution in [0.15, 0.2) is 0 Å². The maximum Gasteiger partial charge on any atom is 0.304 e. The van der Waals surface area contributed by atoms with Crippen molar-refractivity contribution in [1.29, 1.82) is 0 Å². The summed E-state index contributed by atoms with van der Waals surface area (Å²) in [5.41, 5.74) is -0.242. The lowest BCUT2D eigenvalue weighted by Gasteiger charge is -2.46. The summed E-state index contributed by atoms with van der Waals surface area (Å²) >= 11 is 6.79. The number of rotatable bonds is 12. The third-order valence-electron chi connectivity index (χ3n) is 7.04. The maximum atomic E-state index is 11.8. The smallest absolute Gasteiger partial charge is 0.304 e. The maximum absolute atomic E-state index is 11.8. The van der Waals surface area contributed by atoms with Crippen molar-refractivity contribution in [3.8, 4) is 0 Å². The molecule has 1 rings (SSSR count). The lowest BCUT2D eigenvalue weighted by atomic mass is 9.81. The highest BCUT2D eigenvalue weighted by Gasteiger charge is 2.47. The van der Waals surface area contributed by atoms with Crippen LogP contribution >= 0.6 is 24.0 Å². The zero-order chi connectivity index (χ0) is 22.2. The van der Waals surface area contributed by atoms with E-state index in [0.717, 1.165) is 38.6 Å². The molecule has 5 atom stereocenters. The van der Waals surface area contributed by atoms with Gasteiger partial charge < -0.3 is 14.6 Å². The zero-order valence-electron chi connectivity index (χ0n) is 19.3. The van der Waals surface area contributed by atoms with Crippen LogP contribution in [0.4, 0.5) is 0 Å². The summed E-state index contributed by atoms with van der Waals surface area (Å²) in [6.07, 6.45) is 6.81. The van der Waals surface area contributed by atoms with Gasteiger partial charge in [0.25, 0.3) is 0 Å². The highest BCUT2D eigenvalue weighted by atomic mass is 32.2. The molecule has 0 spiro atoms. The number of nitrogens with zero attached hydrogens (tertiary/aromatic N) is 1. The van der Waals surface area contributed by atoms with Gasteiger partial charge in [-0.3, -0.25) is 9.69 Å². The summed E-state index contributed by atoms with van der Waals surface area (Å²) in [5, 5.41) is 9.73. The summed E-state index contributed by atoms with van der Waals surface area (Å²) in [7, 11) is 1.79. The summed E-state index contributed by atoms with van der Waals surface area (Å²) in [5.74, 6) is -0.439. The minimum Gasteiger partial charge on any atom is -0.481 e.